The molecule has 1 aromatic carbocycles. The fraction of sp³-hybridized carbons (Fsp3) is 0.364. The van der Waals surface area contributed by atoms with Crippen molar-refractivity contribution in [2.75, 3.05) is 0 Å². The highest BCUT2D eigenvalue weighted by Crippen LogP contribution is 2.37. The molecule has 1 unspecified atom stereocenters. The molecular weight excluding hydrogens is 288 g/mol. The fourth-order valence-corrected chi connectivity index (χ4v) is 3.38. The van der Waals surface area contributed by atoms with Gasteiger partial charge in [-0.1, -0.05) is 18.2 Å². The highest BCUT2D eigenvalue weighted by atomic mass is 32.2. The van der Waals surface area contributed by atoms with E-state index in [1.54, 1.807) is 6.07 Å². The molecule has 108 valence electrons. The third kappa shape index (κ3) is 2.57. The Morgan fingerprint density at radius 3 is 2.30 bits per heavy atom. The molecule has 0 aliphatic heterocycles. The van der Waals surface area contributed by atoms with Gasteiger partial charge >= 0.3 is 16.0 Å². The number of carbonyl (C=O) groups is 1. The van der Waals surface area contributed by atoms with Crippen molar-refractivity contribution in [3.8, 4) is 0 Å². The number of nitro groups is 1. The largest absolute Gasteiger partial charge is 0.480 e. The van der Waals surface area contributed by atoms with Gasteiger partial charge in [0.25, 0.3) is 0 Å². The smallest absolute Gasteiger partial charge is 0.334 e. The Labute approximate surface area is 114 Å². The lowest BCUT2D eigenvalue weighted by Crippen LogP contribution is -2.49. The minimum Gasteiger partial charge on any atom is -0.480 e. The number of nitrogens with zero attached hydrogens (tertiary/aromatic N) is 2. The molecule has 20 heavy (non-hydrogen) atoms. The first-order valence-corrected chi connectivity index (χ1v) is 7.26. The third-order valence-corrected chi connectivity index (χ3v) is 4.73. The quantitative estimate of drug-likeness (QED) is 0.611. The summed E-state index contributed by atoms with van der Waals surface area (Å²) in [6.07, 6.45) is 0.928. The molecule has 0 aromatic heterocycles. The molecule has 2 rings (SSSR count). The molecule has 1 atom stereocenters. The summed E-state index contributed by atoms with van der Waals surface area (Å²) in [6.45, 7) is 0. The Morgan fingerprint density at radius 1 is 1.35 bits per heavy atom. The molecule has 0 bridgehead atoms. The maximum absolute atomic E-state index is 12.3. The lowest BCUT2D eigenvalue weighted by molar-refractivity contribution is -0.626. The van der Waals surface area contributed by atoms with Crippen molar-refractivity contribution in [3.63, 3.8) is 0 Å². The van der Waals surface area contributed by atoms with Crippen molar-refractivity contribution in [2.45, 2.75) is 23.8 Å². The van der Waals surface area contributed by atoms with Gasteiger partial charge in [0.15, 0.2) is 5.03 Å². The van der Waals surface area contributed by atoms with Gasteiger partial charge in [0, 0.05) is 4.41 Å². The normalized spacial score (nSPS) is 16.4. The van der Waals surface area contributed by atoms with Crippen LogP contribution in [0.15, 0.2) is 35.2 Å². The molecule has 1 aliphatic rings. The zero-order valence-corrected chi connectivity index (χ0v) is 11.1. The van der Waals surface area contributed by atoms with Gasteiger partial charge in [-0.05, 0) is 30.9 Å². The second-order valence-electron chi connectivity index (χ2n) is 4.45. The second kappa shape index (κ2) is 5.08. The molecule has 0 amide bonds. The zero-order chi connectivity index (χ0) is 14.9. The molecule has 1 saturated carbocycles. The monoisotopic (exact) mass is 300 g/mol. The maximum atomic E-state index is 12.3. The van der Waals surface area contributed by atoms with E-state index in [1.165, 1.54) is 24.3 Å². The van der Waals surface area contributed by atoms with E-state index in [0.717, 1.165) is 0 Å². The molecule has 1 aliphatic carbocycles. The summed E-state index contributed by atoms with van der Waals surface area (Å²) in [4.78, 5) is 22.0. The van der Waals surface area contributed by atoms with Crippen LogP contribution in [-0.4, -0.2) is 35.0 Å². The first-order valence-electron chi connectivity index (χ1n) is 5.82. The molecule has 1 fully saturated rings. The lowest BCUT2D eigenvalue weighted by Gasteiger charge is -2.20. The molecule has 1 aromatic rings. The van der Waals surface area contributed by atoms with Gasteiger partial charge in [-0.2, -0.15) is 8.42 Å². The van der Waals surface area contributed by atoms with Crippen molar-refractivity contribution in [3.05, 3.63) is 40.4 Å². The summed E-state index contributed by atoms with van der Waals surface area (Å²) < 4.78 is 24.4. The van der Waals surface area contributed by atoms with E-state index in [0.29, 0.717) is 12.8 Å². The van der Waals surface area contributed by atoms with Crippen LogP contribution in [0.2, 0.25) is 0 Å². The first-order chi connectivity index (χ1) is 9.35. The average Bonchev–Trinajstić information content (AvgIpc) is 3.19. The number of aliphatic carboxylic acids is 1. The highest BCUT2D eigenvalue weighted by molar-refractivity contribution is 7.89. The number of hydrogen-bond donors (Lipinski definition) is 1. The molecule has 8 nitrogen and oxygen atoms in total. The number of benzene rings is 1. The first kappa shape index (κ1) is 14.3. The highest BCUT2D eigenvalue weighted by Gasteiger charge is 2.51. The van der Waals surface area contributed by atoms with Crippen LogP contribution in [0.4, 0.5) is 0 Å². The van der Waals surface area contributed by atoms with Crippen LogP contribution in [-0.2, 0) is 14.8 Å². The van der Waals surface area contributed by atoms with Gasteiger partial charge in [0.2, 0.25) is 6.04 Å². The van der Waals surface area contributed by atoms with E-state index in [4.69, 9.17) is 5.11 Å². The van der Waals surface area contributed by atoms with Crippen molar-refractivity contribution in [2.24, 2.45) is 5.92 Å². The Bertz CT molecular complexity index is 626. The Kier molecular flexibility index (Phi) is 3.62. The van der Waals surface area contributed by atoms with E-state index >= 15 is 0 Å². The standard InChI is InChI=1S/C11H12N2O6S/c14-11(15)10(8-6-7-8)12(13(16)17)20(18,19)9-4-2-1-3-5-9/h1-5,8,10H,6-7H2,(H,14,15). The van der Waals surface area contributed by atoms with Gasteiger partial charge in [-0.15, -0.1) is 0 Å². The van der Waals surface area contributed by atoms with Crippen molar-refractivity contribution >= 4 is 16.0 Å². The summed E-state index contributed by atoms with van der Waals surface area (Å²) in [5, 5.41) is 19.0. The third-order valence-electron chi connectivity index (χ3n) is 3.01. The summed E-state index contributed by atoms with van der Waals surface area (Å²) in [6, 6.07) is 5.10. The van der Waals surface area contributed by atoms with E-state index in [-0.39, 0.29) is 9.31 Å². The second-order valence-corrected chi connectivity index (χ2v) is 6.24. The predicted molar refractivity (Wildman–Crippen MR) is 66.6 cm³/mol. The van der Waals surface area contributed by atoms with Crippen molar-refractivity contribution in [1.29, 1.82) is 0 Å². The Balaban J connectivity index is 2.48. The summed E-state index contributed by atoms with van der Waals surface area (Å²) in [5.41, 5.74) is 0. The van der Waals surface area contributed by atoms with Gasteiger partial charge in [0.05, 0.1) is 4.90 Å². The number of carboxylic acid groups (broad SMARTS) is 1. The Hall–Kier alpha value is -2.16. The van der Waals surface area contributed by atoms with E-state index in [9.17, 15) is 23.3 Å². The number of hydrogen-bond acceptors (Lipinski definition) is 5. The minimum absolute atomic E-state index is 0.137. The van der Waals surface area contributed by atoms with Gasteiger partial charge < -0.3 is 5.11 Å². The molecule has 0 radical (unpaired) electrons. The minimum atomic E-state index is -4.50. The van der Waals surface area contributed by atoms with Gasteiger partial charge in [-0.3, -0.25) is 0 Å². The van der Waals surface area contributed by atoms with Crippen LogP contribution in [0.1, 0.15) is 12.8 Å². The number of hydrazine groups is 1. The van der Waals surface area contributed by atoms with Gasteiger partial charge in [-0.25, -0.2) is 14.9 Å². The zero-order valence-electron chi connectivity index (χ0n) is 10.2. The van der Waals surface area contributed by atoms with Crippen LogP contribution in [0, 0.1) is 16.0 Å². The molecule has 9 heteroatoms. The van der Waals surface area contributed by atoms with Crippen LogP contribution >= 0.6 is 0 Å². The lowest BCUT2D eigenvalue weighted by atomic mass is 10.2. The van der Waals surface area contributed by atoms with Crippen LogP contribution in [0.25, 0.3) is 0 Å². The van der Waals surface area contributed by atoms with E-state index in [2.05, 4.69) is 0 Å². The number of rotatable bonds is 6. The molecular formula is C11H12N2O6S. The van der Waals surface area contributed by atoms with Crippen LogP contribution in [0.3, 0.4) is 0 Å². The number of carboxylic acids is 1. The van der Waals surface area contributed by atoms with Crippen molar-refractivity contribution < 1.29 is 23.4 Å². The topological polar surface area (TPSA) is 118 Å². The Morgan fingerprint density at radius 2 is 1.90 bits per heavy atom. The SMILES string of the molecule is O=C(O)C(C1CC1)N([N+](=O)[O-])S(=O)(=O)c1ccccc1. The molecule has 0 saturated heterocycles. The van der Waals surface area contributed by atoms with Crippen LogP contribution in [0.5, 0.6) is 0 Å². The summed E-state index contributed by atoms with van der Waals surface area (Å²) >= 11 is 0. The molecule has 1 N–H and O–H groups in total. The average molecular weight is 300 g/mol. The summed E-state index contributed by atoms with van der Waals surface area (Å²) in [7, 11) is -4.50. The number of sulfonamides is 1. The molecule has 0 spiro atoms. The van der Waals surface area contributed by atoms with E-state index < -0.39 is 33.0 Å². The van der Waals surface area contributed by atoms with Crippen LogP contribution < -0.4 is 0 Å². The predicted octanol–water partition coefficient (Wildman–Crippen LogP) is 0.732. The fourth-order valence-electron chi connectivity index (χ4n) is 1.93. The van der Waals surface area contributed by atoms with Crippen molar-refractivity contribution in [1.82, 2.24) is 4.41 Å². The van der Waals surface area contributed by atoms with Gasteiger partial charge in [0.1, 0.15) is 0 Å². The van der Waals surface area contributed by atoms with E-state index in [1.807, 2.05) is 0 Å². The summed E-state index contributed by atoms with van der Waals surface area (Å²) in [5.74, 6) is -2.03. The maximum Gasteiger partial charge on any atom is 0.334 e. The molecule has 0 heterocycles.